The van der Waals surface area contributed by atoms with Crippen molar-refractivity contribution >= 4 is 56.6 Å². The van der Waals surface area contributed by atoms with Gasteiger partial charge < -0.3 is 28.6 Å². The maximum absolute atomic E-state index is 11.8. The van der Waals surface area contributed by atoms with Crippen LogP contribution in [0.3, 0.4) is 0 Å². The molecule has 0 aromatic heterocycles. The van der Waals surface area contributed by atoms with E-state index in [0.29, 0.717) is 48.2 Å². The average molecular weight is 817 g/mol. The molecule has 2 aliphatic rings. The molecule has 1 atom stereocenters. The number of hydrogen-bond acceptors (Lipinski definition) is 14. The number of aliphatic imine (C=N–C) groups is 1. The molecule has 0 radical (unpaired) electrons. The number of hydroxylamine groups is 4. The Kier molecular flexibility index (Phi) is 27.4. The Morgan fingerprint density at radius 3 is 1.41 bits per heavy atom. The predicted octanol–water partition coefficient (Wildman–Crippen LogP) is 7.55. The summed E-state index contributed by atoms with van der Waals surface area (Å²) in [6.45, 7) is 12.1. The number of carboxylic acid groups (broad SMARTS) is 1. The van der Waals surface area contributed by atoms with Crippen molar-refractivity contribution in [2.24, 2.45) is 4.99 Å². The summed E-state index contributed by atoms with van der Waals surface area (Å²) in [6, 6.07) is 0.638. The molecular formula is C38H65N4O13P. The van der Waals surface area contributed by atoms with E-state index in [1.165, 1.54) is 6.40 Å². The van der Waals surface area contributed by atoms with Crippen molar-refractivity contribution in [2.75, 3.05) is 19.8 Å². The zero-order valence-corrected chi connectivity index (χ0v) is 35.0. The van der Waals surface area contributed by atoms with Crippen LogP contribution in [0.4, 0.5) is 4.79 Å². The van der Waals surface area contributed by atoms with Crippen LogP contribution in [-0.4, -0.2) is 99.9 Å². The second-order valence-electron chi connectivity index (χ2n) is 14.0. The van der Waals surface area contributed by atoms with Gasteiger partial charge in [-0.3, -0.25) is 24.2 Å². The topological polar surface area (TPSA) is 208 Å². The first-order chi connectivity index (χ1) is 26.8. The van der Waals surface area contributed by atoms with E-state index >= 15 is 0 Å². The number of unbranched alkanes of at least 4 members (excludes halogenated alkanes) is 12. The summed E-state index contributed by atoms with van der Waals surface area (Å²) in [5.74, 6) is -2.88. The van der Waals surface area contributed by atoms with Crippen molar-refractivity contribution < 1.29 is 62.1 Å². The third-order valence-electron chi connectivity index (χ3n) is 8.52. The highest BCUT2D eigenvalue weighted by molar-refractivity contribution is 7.45. The van der Waals surface area contributed by atoms with Gasteiger partial charge in [0.05, 0.1) is 13.2 Å². The van der Waals surface area contributed by atoms with Gasteiger partial charge in [0.25, 0.3) is 23.6 Å². The first-order valence-electron chi connectivity index (χ1n) is 20.1. The smallest absolute Gasteiger partial charge is 0.450 e. The van der Waals surface area contributed by atoms with Gasteiger partial charge in [-0.05, 0) is 60.3 Å². The molecule has 18 heteroatoms. The van der Waals surface area contributed by atoms with Crippen LogP contribution >= 0.6 is 8.53 Å². The minimum atomic E-state index is -1.24. The van der Waals surface area contributed by atoms with Crippen LogP contribution in [0.25, 0.3) is 0 Å². The number of ether oxygens (including phenoxy) is 1. The van der Waals surface area contributed by atoms with E-state index < -0.39 is 50.2 Å². The first kappa shape index (κ1) is 50.3. The number of hydrogen-bond donors (Lipinski definition) is 1. The molecule has 56 heavy (non-hydrogen) atoms. The second kappa shape index (κ2) is 30.4. The Bertz CT molecular complexity index is 1210. The Balaban J connectivity index is 0.000000597. The molecule has 2 saturated heterocycles. The summed E-state index contributed by atoms with van der Waals surface area (Å²) in [6.07, 6.45) is 14.1. The van der Waals surface area contributed by atoms with Crippen molar-refractivity contribution in [3.8, 4) is 0 Å². The fourth-order valence-electron chi connectivity index (χ4n) is 5.70. The summed E-state index contributed by atoms with van der Waals surface area (Å²) in [7, 11) is -1.17. The summed E-state index contributed by atoms with van der Waals surface area (Å²) in [4.78, 5) is 92.6. The number of rotatable bonds is 29. The monoisotopic (exact) mass is 816 g/mol. The molecule has 2 aliphatic heterocycles. The standard InChI is InChI=1S/C23H42N3O6P.C15H23NO7/c1-6-24-18-31-33(26(19(2)3)20(4)5)30-17-13-11-9-7-8-10-12-14-23(29)32-25-21(27)15-16-22(25)28;17-12-9-10-13(18)16(12)23-14(19)8-6-4-2-1-3-5-7-11-22-15(20)21/h18-20H,6-17H2,1-5H3;1-11H2,(H,20,21). The summed E-state index contributed by atoms with van der Waals surface area (Å²) in [5, 5.41) is 9.46. The predicted molar refractivity (Wildman–Crippen MR) is 207 cm³/mol. The van der Waals surface area contributed by atoms with Gasteiger partial charge in [-0.25, -0.2) is 19.1 Å². The molecule has 2 rings (SSSR count). The number of amides is 4. The number of imide groups is 2. The van der Waals surface area contributed by atoms with Gasteiger partial charge in [-0.15, -0.1) is 10.1 Å². The largest absolute Gasteiger partial charge is 0.505 e. The van der Waals surface area contributed by atoms with E-state index in [9.17, 15) is 33.6 Å². The minimum absolute atomic E-state index is 0.101. The van der Waals surface area contributed by atoms with Crippen LogP contribution in [0, 0.1) is 0 Å². The number of carbonyl (C=O) groups is 7. The number of nitrogens with zero attached hydrogens (tertiary/aromatic N) is 4. The van der Waals surface area contributed by atoms with Gasteiger partial charge in [-0.1, -0.05) is 64.2 Å². The van der Waals surface area contributed by atoms with E-state index in [4.69, 9.17) is 23.8 Å². The van der Waals surface area contributed by atoms with E-state index in [-0.39, 0.29) is 45.1 Å². The van der Waals surface area contributed by atoms with E-state index in [1.54, 1.807) is 0 Å². The van der Waals surface area contributed by atoms with Gasteiger partial charge >= 0.3 is 26.6 Å². The van der Waals surface area contributed by atoms with Crippen molar-refractivity contribution in [1.82, 2.24) is 14.8 Å². The molecule has 0 saturated carbocycles. The van der Waals surface area contributed by atoms with Crippen molar-refractivity contribution in [1.29, 1.82) is 0 Å². The van der Waals surface area contributed by atoms with Crippen molar-refractivity contribution in [3.05, 3.63) is 0 Å². The van der Waals surface area contributed by atoms with Gasteiger partial charge in [-0.2, -0.15) is 0 Å². The third-order valence-corrected chi connectivity index (χ3v) is 10.5. The van der Waals surface area contributed by atoms with E-state index in [0.717, 1.165) is 77.0 Å². The molecule has 0 aliphatic carbocycles. The van der Waals surface area contributed by atoms with Crippen molar-refractivity contribution in [3.63, 3.8) is 0 Å². The highest BCUT2D eigenvalue weighted by atomic mass is 31.2. The van der Waals surface area contributed by atoms with Crippen LogP contribution in [0.5, 0.6) is 0 Å². The molecule has 17 nitrogen and oxygen atoms in total. The normalized spacial score (nSPS) is 14.9. The summed E-state index contributed by atoms with van der Waals surface area (Å²) in [5.41, 5.74) is 0. The maximum Gasteiger partial charge on any atom is 0.505 e. The van der Waals surface area contributed by atoms with Crippen LogP contribution in [0.2, 0.25) is 0 Å². The lowest BCUT2D eigenvalue weighted by atomic mass is 10.1. The second-order valence-corrected chi connectivity index (χ2v) is 15.4. The van der Waals surface area contributed by atoms with E-state index in [1.807, 2.05) is 6.92 Å². The lowest BCUT2D eigenvalue weighted by Crippen LogP contribution is -2.33. The Hall–Kier alpha value is -3.69. The third kappa shape index (κ3) is 22.8. The first-order valence-corrected chi connectivity index (χ1v) is 21.3. The van der Waals surface area contributed by atoms with Gasteiger partial charge in [0.15, 0.2) is 6.40 Å². The molecule has 0 aromatic rings. The van der Waals surface area contributed by atoms with Crippen LogP contribution < -0.4 is 0 Å². The molecular weight excluding hydrogens is 751 g/mol. The zero-order chi connectivity index (χ0) is 41.7. The molecule has 1 unspecified atom stereocenters. The van der Waals surface area contributed by atoms with Crippen molar-refractivity contribution in [2.45, 2.75) is 175 Å². The Morgan fingerprint density at radius 1 is 0.661 bits per heavy atom. The molecule has 320 valence electrons. The minimum Gasteiger partial charge on any atom is -0.450 e. The average Bonchev–Trinajstić information content (AvgIpc) is 3.63. The Morgan fingerprint density at radius 2 is 1.04 bits per heavy atom. The molecule has 0 bridgehead atoms. The highest BCUT2D eigenvalue weighted by Gasteiger charge is 2.33. The molecule has 0 spiro atoms. The van der Waals surface area contributed by atoms with Gasteiger partial charge in [0.2, 0.25) is 0 Å². The van der Waals surface area contributed by atoms with Gasteiger partial charge in [0.1, 0.15) is 0 Å². The summed E-state index contributed by atoms with van der Waals surface area (Å²) < 4.78 is 18.5. The summed E-state index contributed by atoms with van der Waals surface area (Å²) >= 11 is 0. The Labute approximate surface area is 333 Å². The molecule has 1 N–H and O–H groups in total. The van der Waals surface area contributed by atoms with E-state index in [2.05, 4.69) is 42.1 Å². The highest BCUT2D eigenvalue weighted by Crippen LogP contribution is 2.45. The maximum atomic E-state index is 11.8. The molecule has 2 fully saturated rings. The zero-order valence-electron chi connectivity index (χ0n) is 34.1. The number of carbonyl (C=O) groups excluding carboxylic acids is 6. The SMILES string of the molecule is CCN=COP(OCCCCCCCCCC(=O)ON1C(=O)CCC1=O)N(C(C)C)C(C)C.O=C(O)OCCCCCCCCCC(=O)ON1C(=O)CCC1=O. The van der Waals surface area contributed by atoms with Crippen LogP contribution in [0.15, 0.2) is 4.99 Å². The molecule has 2 heterocycles. The van der Waals surface area contributed by atoms with Crippen LogP contribution in [0.1, 0.15) is 163 Å². The van der Waals surface area contributed by atoms with Gasteiger partial charge in [0, 0.05) is 57.2 Å². The lowest BCUT2D eigenvalue weighted by molar-refractivity contribution is -0.197. The molecule has 4 amide bonds. The fourth-order valence-corrected chi connectivity index (χ4v) is 7.19. The van der Waals surface area contributed by atoms with Crippen LogP contribution in [-0.2, 0) is 52.2 Å². The molecule has 0 aromatic carbocycles. The quantitative estimate of drug-likeness (QED) is 0.0193. The fraction of sp³-hybridized carbons (Fsp3) is 0.789. The lowest BCUT2D eigenvalue weighted by Gasteiger charge is -2.34.